The van der Waals surface area contributed by atoms with Gasteiger partial charge in [0.2, 0.25) is 0 Å². The van der Waals surface area contributed by atoms with E-state index in [-0.39, 0.29) is 0 Å². The molecule has 1 aromatic carbocycles. The molecule has 2 nitrogen and oxygen atoms in total. The van der Waals surface area contributed by atoms with Gasteiger partial charge in [-0.1, -0.05) is 44.7 Å². The van der Waals surface area contributed by atoms with Crippen molar-refractivity contribution in [1.29, 1.82) is 0 Å². The molecular weight excluding hydrogens is 232 g/mol. The minimum Gasteiger partial charge on any atom is -0.385 e. The van der Waals surface area contributed by atoms with Crippen LogP contribution in [-0.4, -0.2) is 19.3 Å². The highest BCUT2D eigenvalue weighted by Gasteiger charge is 2.01. The fraction of sp³-hybridized carbons (Fsp3) is 0.588. The van der Waals surface area contributed by atoms with Gasteiger partial charge >= 0.3 is 0 Å². The van der Waals surface area contributed by atoms with Crippen LogP contribution in [0.5, 0.6) is 0 Å². The lowest BCUT2D eigenvalue weighted by Gasteiger charge is -2.11. The average molecular weight is 260 g/mol. The monoisotopic (exact) mass is 260 g/mol. The van der Waals surface area contributed by atoms with Gasteiger partial charge in [0.15, 0.2) is 0 Å². The molecule has 2 heteroatoms. The molecule has 1 aromatic rings. The summed E-state index contributed by atoms with van der Waals surface area (Å²) < 4.78 is 0. The Hall–Kier alpha value is -1.31. The molecule has 1 rings (SSSR count). The minimum absolute atomic E-state index is 0.842. The number of benzene rings is 1. The Morgan fingerprint density at radius 1 is 1.11 bits per heavy atom. The molecule has 0 aliphatic heterocycles. The van der Waals surface area contributed by atoms with Gasteiger partial charge in [0.25, 0.3) is 0 Å². The van der Waals surface area contributed by atoms with Crippen LogP contribution in [0.3, 0.4) is 0 Å². The molecule has 0 amide bonds. The molecule has 19 heavy (non-hydrogen) atoms. The molecule has 0 saturated carbocycles. The molecule has 0 aliphatic carbocycles. The topological polar surface area (TPSA) is 24.4 Å². The Bertz CT molecular complexity index is 383. The second-order valence-electron chi connectivity index (χ2n) is 4.99. The Balaban J connectivity index is 2.43. The summed E-state index contributed by atoms with van der Waals surface area (Å²) in [5.74, 6) is 0. The third-order valence-electron chi connectivity index (χ3n) is 3.38. The summed E-state index contributed by atoms with van der Waals surface area (Å²) >= 11 is 0. The number of hydrogen-bond donors (Lipinski definition) is 1. The van der Waals surface area contributed by atoms with Crippen molar-refractivity contribution in [1.82, 2.24) is 0 Å². The minimum atomic E-state index is 0.842. The summed E-state index contributed by atoms with van der Waals surface area (Å²) in [5, 5.41) is 3.55. The van der Waals surface area contributed by atoms with Crippen LogP contribution in [0.2, 0.25) is 0 Å². The van der Waals surface area contributed by atoms with E-state index in [0.717, 1.165) is 13.1 Å². The maximum Gasteiger partial charge on any atom is 0.0376 e. The maximum absolute atomic E-state index is 4.32. The molecule has 0 spiro atoms. The molecule has 1 N–H and O–H groups in total. The smallest absolute Gasteiger partial charge is 0.0376 e. The van der Waals surface area contributed by atoms with Crippen LogP contribution in [0.15, 0.2) is 23.2 Å². The SMILES string of the molecule is CCCCCCCNc1cccc(C=NCC)c1C. The quantitative estimate of drug-likeness (QED) is 0.500. The summed E-state index contributed by atoms with van der Waals surface area (Å²) in [6.45, 7) is 8.39. The number of rotatable bonds is 9. The summed E-state index contributed by atoms with van der Waals surface area (Å²) in [6.07, 6.45) is 8.60. The molecule has 0 aromatic heterocycles. The number of hydrogen-bond acceptors (Lipinski definition) is 2. The van der Waals surface area contributed by atoms with Crippen LogP contribution in [0.1, 0.15) is 57.1 Å². The first kappa shape index (κ1) is 15.7. The second kappa shape index (κ2) is 9.60. The second-order valence-corrected chi connectivity index (χ2v) is 4.99. The number of nitrogens with one attached hydrogen (secondary N) is 1. The largest absolute Gasteiger partial charge is 0.385 e. The van der Waals surface area contributed by atoms with E-state index in [2.05, 4.69) is 49.3 Å². The molecule has 0 bridgehead atoms. The summed E-state index contributed by atoms with van der Waals surface area (Å²) in [4.78, 5) is 4.32. The van der Waals surface area contributed by atoms with E-state index in [1.165, 1.54) is 48.9 Å². The van der Waals surface area contributed by atoms with Crippen LogP contribution in [0, 0.1) is 6.92 Å². The van der Waals surface area contributed by atoms with Crippen LogP contribution in [0.4, 0.5) is 5.69 Å². The predicted octanol–water partition coefficient (Wildman–Crippen LogP) is 4.82. The maximum atomic E-state index is 4.32. The first-order chi connectivity index (χ1) is 9.29. The van der Waals surface area contributed by atoms with E-state index in [9.17, 15) is 0 Å². The molecule has 0 heterocycles. The van der Waals surface area contributed by atoms with Gasteiger partial charge in [-0.25, -0.2) is 0 Å². The molecular formula is C17H28N2. The van der Waals surface area contributed by atoms with Crippen LogP contribution >= 0.6 is 0 Å². The Morgan fingerprint density at radius 3 is 2.63 bits per heavy atom. The van der Waals surface area contributed by atoms with Crippen molar-refractivity contribution >= 4 is 11.9 Å². The molecule has 0 fully saturated rings. The van der Waals surface area contributed by atoms with Gasteiger partial charge in [0.05, 0.1) is 0 Å². The number of nitrogens with zero attached hydrogens (tertiary/aromatic N) is 1. The van der Waals surface area contributed by atoms with Gasteiger partial charge in [-0.3, -0.25) is 4.99 Å². The number of aliphatic imine (C=N–C) groups is 1. The van der Waals surface area contributed by atoms with Gasteiger partial charge in [-0.15, -0.1) is 0 Å². The fourth-order valence-corrected chi connectivity index (χ4v) is 2.13. The van der Waals surface area contributed by atoms with Crippen LogP contribution < -0.4 is 5.32 Å². The molecule has 0 radical (unpaired) electrons. The Kier molecular flexibility index (Phi) is 7.95. The van der Waals surface area contributed by atoms with Crippen molar-refractivity contribution in [3.63, 3.8) is 0 Å². The number of unbranched alkanes of at least 4 members (excludes halogenated alkanes) is 4. The summed E-state index contributed by atoms with van der Waals surface area (Å²) in [5.41, 5.74) is 3.77. The molecule has 0 saturated heterocycles. The lowest BCUT2D eigenvalue weighted by Crippen LogP contribution is -2.04. The average Bonchev–Trinajstić information content (AvgIpc) is 2.43. The van der Waals surface area contributed by atoms with Crippen molar-refractivity contribution in [3.05, 3.63) is 29.3 Å². The van der Waals surface area contributed by atoms with Gasteiger partial charge in [-0.05, 0) is 37.5 Å². The van der Waals surface area contributed by atoms with Gasteiger partial charge in [-0.2, -0.15) is 0 Å². The van der Waals surface area contributed by atoms with E-state index in [0.29, 0.717) is 0 Å². The van der Waals surface area contributed by atoms with E-state index in [4.69, 9.17) is 0 Å². The van der Waals surface area contributed by atoms with Gasteiger partial charge in [0.1, 0.15) is 0 Å². The Morgan fingerprint density at radius 2 is 1.89 bits per heavy atom. The van der Waals surface area contributed by atoms with E-state index in [1.807, 2.05) is 6.21 Å². The normalized spacial score (nSPS) is 11.1. The first-order valence-corrected chi connectivity index (χ1v) is 7.62. The zero-order valence-electron chi connectivity index (χ0n) is 12.7. The standard InChI is InChI=1S/C17H28N2/c1-4-6-7-8-9-13-19-17-12-10-11-16(15(17)3)14-18-5-2/h10-12,14,19H,4-9,13H2,1-3H3. The highest BCUT2D eigenvalue weighted by molar-refractivity contribution is 5.84. The van der Waals surface area contributed by atoms with Crippen molar-refractivity contribution < 1.29 is 0 Å². The van der Waals surface area contributed by atoms with E-state index >= 15 is 0 Å². The predicted molar refractivity (Wildman–Crippen MR) is 86.6 cm³/mol. The molecule has 0 aliphatic rings. The van der Waals surface area contributed by atoms with Crippen LogP contribution in [0.25, 0.3) is 0 Å². The zero-order valence-corrected chi connectivity index (χ0v) is 12.7. The zero-order chi connectivity index (χ0) is 13.9. The van der Waals surface area contributed by atoms with Crippen molar-refractivity contribution in [2.45, 2.75) is 52.9 Å². The Labute approximate surface area is 118 Å². The lowest BCUT2D eigenvalue weighted by atomic mass is 10.1. The highest BCUT2D eigenvalue weighted by Crippen LogP contribution is 2.18. The number of anilines is 1. The van der Waals surface area contributed by atoms with Crippen molar-refractivity contribution in [2.75, 3.05) is 18.4 Å². The molecule has 106 valence electrons. The van der Waals surface area contributed by atoms with Crippen LogP contribution in [-0.2, 0) is 0 Å². The van der Waals surface area contributed by atoms with Gasteiger partial charge in [0, 0.05) is 25.0 Å². The lowest BCUT2D eigenvalue weighted by molar-refractivity contribution is 0.645. The highest BCUT2D eigenvalue weighted by atomic mass is 14.9. The fourth-order valence-electron chi connectivity index (χ4n) is 2.13. The van der Waals surface area contributed by atoms with Gasteiger partial charge < -0.3 is 5.32 Å². The molecule has 0 unspecified atom stereocenters. The van der Waals surface area contributed by atoms with E-state index in [1.54, 1.807) is 0 Å². The van der Waals surface area contributed by atoms with Crippen molar-refractivity contribution in [2.24, 2.45) is 4.99 Å². The third kappa shape index (κ3) is 5.91. The molecule has 0 atom stereocenters. The third-order valence-corrected chi connectivity index (χ3v) is 3.38. The first-order valence-electron chi connectivity index (χ1n) is 7.62. The summed E-state index contributed by atoms with van der Waals surface area (Å²) in [6, 6.07) is 6.38. The van der Waals surface area contributed by atoms with E-state index < -0.39 is 0 Å². The summed E-state index contributed by atoms with van der Waals surface area (Å²) in [7, 11) is 0. The van der Waals surface area contributed by atoms with Crippen molar-refractivity contribution in [3.8, 4) is 0 Å².